The number of hydrogen-bond donors (Lipinski definition) is 3. The fraction of sp³-hybridized carbons (Fsp3) is 0.846. The molecule has 21 heavy (non-hydrogen) atoms. The van der Waals surface area contributed by atoms with Gasteiger partial charge in [-0.05, 0) is 12.8 Å². The number of aliphatic hydroxyl groups excluding tert-OH is 1. The van der Waals surface area contributed by atoms with Gasteiger partial charge in [-0.25, -0.2) is 4.79 Å². The second-order valence-electron chi connectivity index (χ2n) is 4.87. The van der Waals surface area contributed by atoms with Gasteiger partial charge in [0.25, 0.3) is 0 Å². The summed E-state index contributed by atoms with van der Waals surface area (Å²) in [5.41, 5.74) is 0. The average Bonchev–Trinajstić information content (AvgIpc) is 2.46. The number of urea groups is 1. The standard InChI is InChI=1S/C13H25N3O5/c1-20-8-4-14-13(19)15-12(18)10-16-5-2-11(3-6-16)21-9-7-17/h11,17H,2-10H2,1H3,(H2,14,15,18,19). The van der Waals surface area contributed by atoms with Gasteiger partial charge >= 0.3 is 6.03 Å². The minimum absolute atomic E-state index is 0.0286. The molecule has 0 atom stereocenters. The fourth-order valence-corrected chi connectivity index (χ4v) is 2.13. The maximum absolute atomic E-state index is 11.7. The monoisotopic (exact) mass is 303 g/mol. The van der Waals surface area contributed by atoms with Crippen molar-refractivity contribution in [3.63, 3.8) is 0 Å². The number of carbonyl (C=O) groups excluding carboxylic acids is 2. The Morgan fingerprint density at radius 2 is 2.00 bits per heavy atom. The van der Waals surface area contributed by atoms with Crippen LogP contribution in [0.5, 0.6) is 0 Å². The number of amides is 3. The number of methoxy groups -OCH3 is 1. The number of imide groups is 1. The minimum Gasteiger partial charge on any atom is -0.394 e. The molecule has 0 spiro atoms. The molecule has 122 valence electrons. The van der Waals surface area contributed by atoms with Crippen LogP contribution in [0.15, 0.2) is 0 Å². The number of nitrogens with one attached hydrogen (secondary N) is 2. The highest BCUT2D eigenvalue weighted by molar-refractivity contribution is 5.95. The highest BCUT2D eigenvalue weighted by Crippen LogP contribution is 2.12. The van der Waals surface area contributed by atoms with E-state index in [1.165, 1.54) is 0 Å². The fourth-order valence-electron chi connectivity index (χ4n) is 2.13. The van der Waals surface area contributed by atoms with E-state index >= 15 is 0 Å². The number of rotatable bonds is 8. The van der Waals surface area contributed by atoms with Crippen LogP contribution in [0.3, 0.4) is 0 Å². The zero-order chi connectivity index (χ0) is 15.5. The molecule has 3 amide bonds. The van der Waals surface area contributed by atoms with Gasteiger partial charge in [0.15, 0.2) is 0 Å². The third kappa shape index (κ3) is 7.96. The van der Waals surface area contributed by atoms with Crippen molar-refractivity contribution in [1.29, 1.82) is 0 Å². The van der Waals surface area contributed by atoms with Crippen LogP contribution in [0.4, 0.5) is 4.79 Å². The molecule has 1 saturated heterocycles. The summed E-state index contributed by atoms with van der Waals surface area (Å²) in [6.07, 6.45) is 1.80. The Hall–Kier alpha value is -1.22. The van der Waals surface area contributed by atoms with Crippen LogP contribution in [0.2, 0.25) is 0 Å². The maximum Gasteiger partial charge on any atom is 0.321 e. The lowest BCUT2D eigenvalue weighted by Crippen LogP contribution is -2.47. The summed E-state index contributed by atoms with van der Waals surface area (Å²) < 4.78 is 10.2. The average molecular weight is 303 g/mol. The van der Waals surface area contributed by atoms with Gasteiger partial charge in [-0.1, -0.05) is 0 Å². The van der Waals surface area contributed by atoms with Crippen molar-refractivity contribution in [2.24, 2.45) is 0 Å². The van der Waals surface area contributed by atoms with E-state index in [1.807, 2.05) is 4.90 Å². The van der Waals surface area contributed by atoms with Crippen LogP contribution in [0.25, 0.3) is 0 Å². The SMILES string of the molecule is COCCNC(=O)NC(=O)CN1CCC(OCCO)CC1. The predicted octanol–water partition coefficient (Wildman–Crippen LogP) is -1.07. The number of hydrogen-bond acceptors (Lipinski definition) is 6. The van der Waals surface area contributed by atoms with Gasteiger partial charge in [0.1, 0.15) is 0 Å². The van der Waals surface area contributed by atoms with Gasteiger partial charge in [-0.2, -0.15) is 0 Å². The van der Waals surface area contributed by atoms with E-state index in [1.54, 1.807) is 7.11 Å². The summed E-state index contributed by atoms with van der Waals surface area (Å²) in [7, 11) is 1.54. The zero-order valence-electron chi connectivity index (χ0n) is 12.5. The summed E-state index contributed by atoms with van der Waals surface area (Å²) in [5, 5.41) is 13.5. The van der Waals surface area contributed by atoms with Crippen molar-refractivity contribution >= 4 is 11.9 Å². The molecule has 1 rings (SSSR count). The van der Waals surface area contributed by atoms with Crippen molar-refractivity contribution in [3.05, 3.63) is 0 Å². The third-order valence-corrected chi connectivity index (χ3v) is 3.19. The molecule has 1 aliphatic heterocycles. The molecule has 1 aliphatic rings. The summed E-state index contributed by atoms with van der Waals surface area (Å²) >= 11 is 0. The number of likely N-dealkylation sites (tertiary alicyclic amines) is 1. The van der Waals surface area contributed by atoms with E-state index < -0.39 is 6.03 Å². The molecule has 0 aliphatic carbocycles. The first kappa shape index (κ1) is 17.8. The first-order chi connectivity index (χ1) is 10.2. The Kier molecular flexibility index (Phi) is 8.91. The van der Waals surface area contributed by atoms with Crippen molar-refractivity contribution in [3.8, 4) is 0 Å². The Bertz CT molecular complexity index is 319. The van der Waals surface area contributed by atoms with Gasteiger partial charge < -0.3 is 19.9 Å². The Labute approximate surface area is 124 Å². The lowest BCUT2D eigenvalue weighted by Gasteiger charge is -2.31. The summed E-state index contributed by atoms with van der Waals surface area (Å²) in [6, 6.07) is -0.502. The Morgan fingerprint density at radius 1 is 1.29 bits per heavy atom. The lowest BCUT2D eigenvalue weighted by molar-refractivity contribution is -0.121. The second kappa shape index (κ2) is 10.5. The molecule has 0 aromatic rings. The van der Waals surface area contributed by atoms with Crippen LogP contribution in [0, 0.1) is 0 Å². The Morgan fingerprint density at radius 3 is 2.62 bits per heavy atom. The van der Waals surface area contributed by atoms with Gasteiger partial charge in [-0.15, -0.1) is 0 Å². The van der Waals surface area contributed by atoms with Crippen LogP contribution in [-0.2, 0) is 14.3 Å². The molecule has 0 bridgehead atoms. The number of carbonyl (C=O) groups is 2. The van der Waals surface area contributed by atoms with E-state index in [9.17, 15) is 9.59 Å². The number of piperidine rings is 1. The molecule has 0 saturated carbocycles. The molecular weight excluding hydrogens is 278 g/mol. The molecule has 8 nitrogen and oxygen atoms in total. The lowest BCUT2D eigenvalue weighted by atomic mass is 10.1. The van der Waals surface area contributed by atoms with Gasteiger partial charge in [-0.3, -0.25) is 15.0 Å². The second-order valence-corrected chi connectivity index (χ2v) is 4.87. The van der Waals surface area contributed by atoms with Crippen LogP contribution >= 0.6 is 0 Å². The van der Waals surface area contributed by atoms with E-state index in [2.05, 4.69) is 10.6 Å². The van der Waals surface area contributed by atoms with Gasteiger partial charge in [0.05, 0.1) is 32.5 Å². The summed E-state index contributed by atoms with van der Waals surface area (Å²) in [4.78, 5) is 25.1. The number of ether oxygens (including phenoxy) is 2. The summed E-state index contributed by atoms with van der Waals surface area (Å²) in [6.45, 7) is 2.84. The molecule has 0 unspecified atom stereocenters. The predicted molar refractivity (Wildman–Crippen MR) is 75.9 cm³/mol. The molecule has 0 aromatic carbocycles. The largest absolute Gasteiger partial charge is 0.394 e. The van der Waals surface area contributed by atoms with E-state index in [-0.39, 0.29) is 25.2 Å². The molecule has 1 fully saturated rings. The molecule has 0 aromatic heterocycles. The molecule has 0 radical (unpaired) electrons. The summed E-state index contributed by atoms with van der Waals surface area (Å²) in [5.74, 6) is -0.320. The molecule has 8 heteroatoms. The highest BCUT2D eigenvalue weighted by Gasteiger charge is 2.21. The number of nitrogens with zero attached hydrogens (tertiary/aromatic N) is 1. The van der Waals surface area contributed by atoms with Crippen LogP contribution < -0.4 is 10.6 Å². The van der Waals surface area contributed by atoms with E-state index in [0.29, 0.717) is 19.8 Å². The van der Waals surface area contributed by atoms with Crippen LogP contribution in [-0.4, -0.2) is 81.2 Å². The zero-order valence-corrected chi connectivity index (χ0v) is 12.5. The third-order valence-electron chi connectivity index (χ3n) is 3.19. The van der Waals surface area contributed by atoms with Crippen LogP contribution in [0.1, 0.15) is 12.8 Å². The maximum atomic E-state index is 11.7. The van der Waals surface area contributed by atoms with E-state index in [4.69, 9.17) is 14.6 Å². The van der Waals surface area contributed by atoms with Crippen molar-refractivity contribution < 1.29 is 24.2 Å². The normalized spacial score (nSPS) is 16.7. The van der Waals surface area contributed by atoms with Gasteiger partial charge in [0.2, 0.25) is 5.91 Å². The van der Waals surface area contributed by atoms with E-state index in [0.717, 1.165) is 25.9 Å². The quantitative estimate of drug-likeness (QED) is 0.494. The van der Waals surface area contributed by atoms with Gasteiger partial charge in [0, 0.05) is 26.7 Å². The Balaban J connectivity index is 2.14. The highest BCUT2D eigenvalue weighted by atomic mass is 16.5. The molecular formula is C13H25N3O5. The smallest absolute Gasteiger partial charge is 0.321 e. The van der Waals surface area contributed by atoms with Crippen molar-refractivity contribution in [2.45, 2.75) is 18.9 Å². The molecule has 1 heterocycles. The minimum atomic E-state index is -0.502. The first-order valence-electron chi connectivity index (χ1n) is 7.17. The number of aliphatic hydroxyl groups is 1. The van der Waals surface area contributed by atoms with Crippen molar-refractivity contribution in [1.82, 2.24) is 15.5 Å². The molecule has 3 N–H and O–H groups in total. The van der Waals surface area contributed by atoms with Crippen molar-refractivity contribution in [2.75, 3.05) is 53.1 Å². The topological polar surface area (TPSA) is 100 Å². The first-order valence-corrected chi connectivity index (χ1v) is 7.17.